The van der Waals surface area contributed by atoms with Crippen LogP contribution in [-0.4, -0.2) is 3.97 Å². The van der Waals surface area contributed by atoms with Crippen molar-refractivity contribution in [2.24, 2.45) is 0 Å². The number of hydrogen-bond acceptors (Lipinski definition) is 1. The maximum absolute atomic E-state index is 4.19. The van der Waals surface area contributed by atoms with Crippen LogP contribution < -0.4 is 0 Å². The van der Waals surface area contributed by atoms with Gasteiger partial charge in [-0.3, -0.25) is 0 Å². The fourth-order valence-corrected chi connectivity index (χ4v) is 1.49. The summed E-state index contributed by atoms with van der Waals surface area (Å²) in [6.45, 7) is 2.09. The van der Waals surface area contributed by atoms with Gasteiger partial charge in [0.1, 0.15) is 0 Å². The Morgan fingerprint density at radius 3 is 2.23 bits per heavy atom. The van der Waals surface area contributed by atoms with Crippen LogP contribution >= 0.6 is 12.8 Å². The van der Waals surface area contributed by atoms with E-state index in [2.05, 4.69) is 50.1 Å². The number of aromatic nitrogens is 1. The maximum Gasteiger partial charge on any atom is 0.0233 e. The summed E-state index contributed by atoms with van der Waals surface area (Å²) in [6, 6.07) is 10.5. The lowest BCUT2D eigenvalue weighted by Gasteiger charge is -1.97. The van der Waals surface area contributed by atoms with Crippen molar-refractivity contribution < 1.29 is 0 Å². The van der Waals surface area contributed by atoms with Crippen LogP contribution in [0.2, 0.25) is 0 Å². The molecule has 2 aromatic rings. The molecule has 0 spiro atoms. The second-order valence-electron chi connectivity index (χ2n) is 3.15. The summed E-state index contributed by atoms with van der Waals surface area (Å²) in [7, 11) is 0. The van der Waals surface area contributed by atoms with Crippen molar-refractivity contribution in [3.05, 3.63) is 48.3 Å². The van der Waals surface area contributed by atoms with Crippen LogP contribution in [0, 0.1) is 6.92 Å². The molecule has 0 aliphatic carbocycles. The topological polar surface area (TPSA) is 4.93 Å². The van der Waals surface area contributed by atoms with Gasteiger partial charge in [-0.15, -0.1) is 0 Å². The number of nitrogens with zero attached hydrogens (tertiary/aromatic N) is 1. The van der Waals surface area contributed by atoms with Gasteiger partial charge >= 0.3 is 0 Å². The van der Waals surface area contributed by atoms with Gasteiger partial charge in [0.2, 0.25) is 0 Å². The third kappa shape index (κ3) is 1.78. The van der Waals surface area contributed by atoms with E-state index in [1.165, 1.54) is 16.7 Å². The molecule has 0 saturated heterocycles. The molecule has 13 heavy (non-hydrogen) atoms. The molecular formula is C11H11NS. The van der Waals surface area contributed by atoms with E-state index in [4.69, 9.17) is 0 Å². The normalized spacial score (nSPS) is 10.3. The molecule has 0 unspecified atom stereocenters. The molecule has 0 aliphatic rings. The highest BCUT2D eigenvalue weighted by molar-refractivity contribution is 7.78. The fourth-order valence-electron chi connectivity index (χ4n) is 1.30. The third-order valence-corrected chi connectivity index (χ3v) is 2.31. The van der Waals surface area contributed by atoms with Crippen LogP contribution in [0.25, 0.3) is 11.1 Å². The molecule has 1 heterocycles. The predicted octanol–water partition coefficient (Wildman–Crippen LogP) is 3.16. The average Bonchev–Trinajstić information content (AvgIpc) is 2.53. The van der Waals surface area contributed by atoms with Crippen molar-refractivity contribution in [1.82, 2.24) is 3.97 Å². The molecule has 1 aromatic heterocycles. The Morgan fingerprint density at radius 2 is 1.69 bits per heavy atom. The summed E-state index contributed by atoms with van der Waals surface area (Å²) >= 11 is 4.19. The summed E-state index contributed by atoms with van der Waals surface area (Å²) in [6.07, 6.45) is 3.92. The molecule has 1 nitrogen and oxygen atoms in total. The van der Waals surface area contributed by atoms with Gasteiger partial charge < -0.3 is 3.97 Å². The van der Waals surface area contributed by atoms with Crippen LogP contribution in [0.15, 0.2) is 42.7 Å². The van der Waals surface area contributed by atoms with E-state index < -0.39 is 0 Å². The van der Waals surface area contributed by atoms with Crippen molar-refractivity contribution in [3.63, 3.8) is 0 Å². The van der Waals surface area contributed by atoms with Crippen molar-refractivity contribution >= 4 is 12.8 Å². The number of benzene rings is 1. The van der Waals surface area contributed by atoms with Gasteiger partial charge in [0.25, 0.3) is 0 Å². The highest BCUT2D eigenvalue weighted by Crippen LogP contribution is 2.20. The second kappa shape index (κ2) is 3.30. The van der Waals surface area contributed by atoms with Gasteiger partial charge in [0.15, 0.2) is 0 Å². The largest absolute Gasteiger partial charge is 0.301 e. The van der Waals surface area contributed by atoms with Crippen LogP contribution in [0.3, 0.4) is 0 Å². The predicted molar refractivity (Wildman–Crippen MR) is 59.0 cm³/mol. The van der Waals surface area contributed by atoms with Crippen LogP contribution in [0.1, 0.15) is 5.56 Å². The molecule has 0 amide bonds. The van der Waals surface area contributed by atoms with Crippen LogP contribution in [-0.2, 0) is 0 Å². The molecule has 0 bridgehead atoms. The molecule has 0 aliphatic heterocycles. The lowest BCUT2D eigenvalue weighted by Crippen LogP contribution is -1.75. The molecule has 0 radical (unpaired) electrons. The Labute approximate surface area is 83.6 Å². The minimum Gasteiger partial charge on any atom is -0.301 e. The van der Waals surface area contributed by atoms with Gasteiger partial charge in [-0.05, 0) is 18.6 Å². The van der Waals surface area contributed by atoms with E-state index in [-0.39, 0.29) is 0 Å². The Morgan fingerprint density at radius 1 is 1.00 bits per heavy atom. The molecule has 0 atom stereocenters. The third-order valence-electron chi connectivity index (χ3n) is 2.06. The monoisotopic (exact) mass is 189 g/mol. The van der Waals surface area contributed by atoms with Crippen LogP contribution in [0.4, 0.5) is 0 Å². The van der Waals surface area contributed by atoms with E-state index in [1.54, 1.807) is 3.97 Å². The summed E-state index contributed by atoms with van der Waals surface area (Å²) in [4.78, 5) is 0. The molecule has 2 heteroatoms. The molecule has 0 fully saturated rings. The summed E-state index contributed by atoms with van der Waals surface area (Å²) in [5, 5.41) is 0. The van der Waals surface area contributed by atoms with Gasteiger partial charge in [-0.2, -0.15) is 0 Å². The summed E-state index contributed by atoms with van der Waals surface area (Å²) < 4.78 is 1.76. The van der Waals surface area contributed by atoms with Gasteiger partial charge in [0.05, 0.1) is 0 Å². The number of rotatable bonds is 1. The average molecular weight is 189 g/mol. The summed E-state index contributed by atoms with van der Waals surface area (Å²) in [5.74, 6) is 0. The first-order chi connectivity index (χ1) is 6.25. The van der Waals surface area contributed by atoms with Gasteiger partial charge in [-0.1, -0.05) is 42.6 Å². The van der Waals surface area contributed by atoms with Crippen molar-refractivity contribution in [3.8, 4) is 11.1 Å². The highest BCUT2D eigenvalue weighted by atomic mass is 32.1. The molecular weight excluding hydrogens is 178 g/mol. The Balaban J connectivity index is 2.41. The maximum atomic E-state index is 4.19. The zero-order valence-electron chi connectivity index (χ0n) is 7.44. The van der Waals surface area contributed by atoms with Crippen molar-refractivity contribution in [1.29, 1.82) is 0 Å². The Hall–Kier alpha value is -1.15. The minimum atomic E-state index is 1.20. The quantitative estimate of drug-likeness (QED) is 0.657. The lowest BCUT2D eigenvalue weighted by atomic mass is 10.1. The molecule has 0 saturated carbocycles. The van der Waals surface area contributed by atoms with E-state index >= 15 is 0 Å². The number of thiol groups is 1. The minimum absolute atomic E-state index is 1.20. The lowest BCUT2D eigenvalue weighted by molar-refractivity contribution is 1.31. The van der Waals surface area contributed by atoms with E-state index in [1.807, 2.05) is 12.4 Å². The molecule has 66 valence electrons. The summed E-state index contributed by atoms with van der Waals surface area (Å²) in [5.41, 5.74) is 3.72. The standard InChI is InChI=1S/C11H11NS/c1-9-2-4-10(5-3-9)11-6-7-12(13)8-11/h2-8,13H,1H3. The zero-order valence-corrected chi connectivity index (χ0v) is 8.33. The van der Waals surface area contributed by atoms with Crippen molar-refractivity contribution in [2.45, 2.75) is 6.92 Å². The first-order valence-corrected chi connectivity index (χ1v) is 4.60. The van der Waals surface area contributed by atoms with Gasteiger partial charge in [0, 0.05) is 18.0 Å². The Kier molecular flexibility index (Phi) is 2.15. The molecule has 2 rings (SSSR count). The van der Waals surface area contributed by atoms with Gasteiger partial charge in [-0.25, -0.2) is 0 Å². The molecule has 1 aromatic carbocycles. The van der Waals surface area contributed by atoms with E-state index in [0.717, 1.165) is 0 Å². The smallest absolute Gasteiger partial charge is 0.0233 e. The fraction of sp³-hybridized carbons (Fsp3) is 0.0909. The first kappa shape index (κ1) is 8.45. The highest BCUT2D eigenvalue weighted by Gasteiger charge is 1.97. The Bertz CT molecular complexity index is 400. The second-order valence-corrected chi connectivity index (χ2v) is 3.61. The SMILES string of the molecule is Cc1ccc(-c2ccn(S)c2)cc1. The van der Waals surface area contributed by atoms with Crippen LogP contribution in [0.5, 0.6) is 0 Å². The van der Waals surface area contributed by atoms with E-state index in [0.29, 0.717) is 0 Å². The number of aryl methyl sites for hydroxylation is 1. The zero-order chi connectivity index (χ0) is 9.26. The number of hydrogen-bond donors (Lipinski definition) is 1. The first-order valence-electron chi connectivity index (χ1n) is 4.20. The van der Waals surface area contributed by atoms with E-state index in [9.17, 15) is 0 Å². The van der Waals surface area contributed by atoms with Crippen molar-refractivity contribution in [2.75, 3.05) is 0 Å². The molecule has 0 N–H and O–H groups in total.